The van der Waals surface area contributed by atoms with Crippen LogP contribution in [0.1, 0.15) is 39.5 Å². The molecule has 1 heterocycles. The van der Waals surface area contributed by atoms with Crippen molar-refractivity contribution in [2.75, 3.05) is 6.61 Å². The van der Waals surface area contributed by atoms with E-state index in [2.05, 4.69) is 23.8 Å². The lowest BCUT2D eigenvalue weighted by Gasteiger charge is -2.16. The van der Waals surface area contributed by atoms with Crippen molar-refractivity contribution in [2.45, 2.75) is 39.5 Å². The summed E-state index contributed by atoms with van der Waals surface area (Å²) in [6.45, 7) is 5.11. The predicted molar refractivity (Wildman–Crippen MR) is 84.5 cm³/mol. The van der Waals surface area contributed by atoms with Crippen LogP contribution in [0, 0.1) is 5.92 Å². The second-order valence-electron chi connectivity index (χ2n) is 5.32. The van der Waals surface area contributed by atoms with Crippen molar-refractivity contribution < 1.29 is 9.84 Å². The number of rotatable bonds is 8. The third kappa shape index (κ3) is 4.00. The van der Waals surface area contributed by atoms with E-state index in [1.54, 1.807) is 24.7 Å². The fourth-order valence-electron chi connectivity index (χ4n) is 2.60. The molecule has 21 heavy (non-hydrogen) atoms. The average Bonchev–Trinajstić information content (AvgIpc) is 3.00. The van der Waals surface area contributed by atoms with Gasteiger partial charge >= 0.3 is 0 Å². The van der Waals surface area contributed by atoms with E-state index < -0.39 is 0 Å². The minimum Gasteiger partial charge on any atom is -0.507 e. The highest BCUT2D eigenvalue weighted by atomic mass is 16.5. The van der Waals surface area contributed by atoms with Crippen molar-refractivity contribution in [1.82, 2.24) is 9.97 Å². The molecule has 0 aliphatic rings. The lowest BCUT2D eigenvalue weighted by molar-refractivity contribution is 0.268. The molecule has 1 aromatic carbocycles. The summed E-state index contributed by atoms with van der Waals surface area (Å²) in [6, 6.07) is 5.35. The van der Waals surface area contributed by atoms with Crippen LogP contribution in [-0.2, 0) is 0 Å². The standard InChI is InChI=1S/C17H24N2O2/c1-3-6-13(4-2)9-10-21-16-8-5-7-15(20)17(16)14-11-18-12-19-14/h5,7-8,11-13,20H,3-4,6,9-10H2,1-2H3,(H,18,19). The number of nitrogens with zero attached hydrogens (tertiary/aromatic N) is 1. The molecule has 2 rings (SSSR count). The molecule has 2 aromatic rings. The SMILES string of the molecule is CCCC(CC)CCOc1cccc(O)c1-c1cnc[nH]1. The minimum atomic E-state index is 0.206. The van der Waals surface area contributed by atoms with Gasteiger partial charge in [-0.2, -0.15) is 0 Å². The number of benzene rings is 1. The third-order valence-electron chi connectivity index (χ3n) is 3.83. The molecule has 0 spiro atoms. The highest BCUT2D eigenvalue weighted by molar-refractivity contribution is 5.73. The number of H-pyrrole nitrogens is 1. The molecule has 0 radical (unpaired) electrons. The zero-order valence-electron chi connectivity index (χ0n) is 12.8. The molecule has 0 aliphatic heterocycles. The molecule has 1 unspecified atom stereocenters. The number of hydrogen-bond donors (Lipinski definition) is 2. The van der Waals surface area contributed by atoms with E-state index in [0.29, 0.717) is 23.8 Å². The first-order valence-electron chi connectivity index (χ1n) is 7.69. The largest absolute Gasteiger partial charge is 0.507 e. The Labute approximate surface area is 126 Å². The first-order valence-corrected chi connectivity index (χ1v) is 7.69. The second-order valence-corrected chi connectivity index (χ2v) is 5.32. The van der Waals surface area contributed by atoms with Crippen molar-refractivity contribution in [2.24, 2.45) is 5.92 Å². The Morgan fingerprint density at radius 3 is 2.81 bits per heavy atom. The smallest absolute Gasteiger partial charge is 0.132 e. The van der Waals surface area contributed by atoms with Gasteiger partial charge in [0.2, 0.25) is 0 Å². The summed E-state index contributed by atoms with van der Waals surface area (Å²) >= 11 is 0. The van der Waals surface area contributed by atoms with E-state index in [0.717, 1.165) is 12.1 Å². The Morgan fingerprint density at radius 2 is 2.14 bits per heavy atom. The first kappa shape index (κ1) is 15.4. The van der Waals surface area contributed by atoms with Crippen LogP contribution >= 0.6 is 0 Å². The van der Waals surface area contributed by atoms with Gasteiger partial charge < -0.3 is 14.8 Å². The van der Waals surface area contributed by atoms with Gasteiger partial charge in [-0.1, -0.05) is 39.2 Å². The fourth-order valence-corrected chi connectivity index (χ4v) is 2.60. The van der Waals surface area contributed by atoms with Crippen LogP contribution in [-0.4, -0.2) is 21.7 Å². The quantitative estimate of drug-likeness (QED) is 0.758. The summed E-state index contributed by atoms with van der Waals surface area (Å²) in [5.74, 6) is 1.62. The van der Waals surface area contributed by atoms with Gasteiger partial charge in [-0.3, -0.25) is 0 Å². The van der Waals surface area contributed by atoms with Crippen molar-refractivity contribution in [1.29, 1.82) is 0 Å². The number of aromatic nitrogens is 2. The van der Waals surface area contributed by atoms with Crippen LogP contribution in [0.5, 0.6) is 11.5 Å². The van der Waals surface area contributed by atoms with Crippen LogP contribution in [0.15, 0.2) is 30.7 Å². The number of imidazole rings is 1. The number of phenols is 1. The molecule has 1 atom stereocenters. The Balaban J connectivity index is 2.05. The molecule has 0 saturated heterocycles. The Morgan fingerprint density at radius 1 is 1.29 bits per heavy atom. The van der Waals surface area contributed by atoms with Gasteiger partial charge in [-0.15, -0.1) is 0 Å². The van der Waals surface area contributed by atoms with Gasteiger partial charge in [0.05, 0.1) is 30.4 Å². The molecule has 0 amide bonds. The van der Waals surface area contributed by atoms with Crippen LogP contribution in [0.3, 0.4) is 0 Å². The summed E-state index contributed by atoms with van der Waals surface area (Å²) in [6.07, 6.45) is 7.97. The van der Waals surface area contributed by atoms with Crippen molar-refractivity contribution in [3.8, 4) is 22.8 Å². The molecule has 2 N–H and O–H groups in total. The van der Waals surface area contributed by atoms with E-state index in [4.69, 9.17) is 4.74 Å². The monoisotopic (exact) mass is 288 g/mol. The third-order valence-corrected chi connectivity index (χ3v) is 3.83. The van der Waals surface area contributed by atoms with Gasteiger partial charge in [0, 0.05) is 0 Å². The molecule has 0 fully saturated rings. The molecule has 4 nitrogen and oxygen atoms in total. The highest BCUT2D eigenvalue weighted by Gasteiger charge is 2.13. The van der Waals surface area contributed by atoms with E-state index in [9.17, 15) is 5.11 Å². The number of hydrogen-bond acceptors (Lipinski definition) is 3. The molecule has 0 bridgehead atoms. The van der Waals surface area contributed by atoms with Crippen molar-refractivity contribution in [3.63, 3.8) is 0 Å². The lowest BCUT2D eigenvalue weighted by atomic mass is 9.98. The van der Waals surface area contributed by atoms with Crippen molar-refractivity contribution in [3.05, 3.63) is 30.7 Å². The van der Waals surface area contributed by atoms with Gasteiger partial charge in [0.15, 0.2) is 0 Å². The molecule has 0 saturated carbocycles. The lowest BCUT2D eigenvalue weighted by Crippen LogP contribution is -2.07. The number of aromatic hydroxyl groups is 1. The molecule has 0 aliphatic carbocycles. The zero-order chi connectivity index (χ0) is 15.1. The molecule has 4 heteroatoms. The van der Waals surface area contributed by atoms with E-state index >= 15 is 0 Å². The van der Waals surface area contributed by atoms with Crippen molar-refractivity contribution >= 4 is 0 Å². The number of aromatic amines is 1. The fraction of sp³-hybridized carbons (Fsp3) is 0.471. The summed E-state index contributed by atoms with van der Waals surface area (Å²) in [5, 5.41) is 10.1. The maximum atomic E-state index is 10.1. The second kappa shape index (κ2) is 7.72. The first-order chi connectivity index (χ1) is 10.3. The Bertz CT molecular complexity index is 538. The normalized spacial score (nSPS) is 12.3. The van der Waals surface area contributed by atoms with Gasteiger partial charge in [0.1, 0.15) is 11.5 Å². The van der Waals surface area contributed by atoms with Crippen LogP contribution in [0.2, 0.25) is 0 Å². The van der Waals surface area contributed by atoms with E-state index in [-0.39, 0.29) is 5.75 Å². The summed E-state index contributed by atoms with van der Waals surface area (Å²) in [5.41, 5.74) is 1.45. The maximum Gasteiger partial charge on any atom is 0.132 e. The van der Waals surface area contributed by atoms with Gasteiger partial charge in [-0.25, -0.2) is 4.98 Å². The summed E-state index contributed by atoms with van der Waals surface area (Å²) in [4.78, 5) is 7.02. The Kier molecular flexibility index (Phi) is 5.67. The maximum absolute atomic E-state index is 10.1. The molecular weight excluding hydrogens is 264 g/mol. The van der Waals surface area contributed by atoms with E-state index in [1.165, 1.54) is 19.3 Å². The van der Waals surface area contributed by atoms with Crippen LogP contribution < -0.4 is 4.74 Å². The Hall–Kier alpha value is -1.97. The summed E-state index contributed by atoms with van der Waals surface area (Å²) < 4.78 is 5.91. The zero-order valence-corrected chi connectivity index (χ0v) is 12.8. The van der Waals surface area contributed by atoms with Gasteiger partial charge in [0.25, 0.3) is 0 Å². The number of ether oxygens (including phenoxy) is 1. The van der Waals surface area contributed by atoms with E-state index in [1.807, 2.05) is 6.07 Å². The van der Waals surface area contributed by atoms with Crippen LogP contribution in [0.25, 0.3) is 11.3 Å². The average molecular weight is 288 g/mol. The number of nitrogens with one attached hydrogen (secondary N) is 1. The molecule has 1 aromatic heterocycles. The minimum absolute atomic E-state index is 0.206. The topological polar surface area (TPSA) is 58.1 Å². The highest BCUT2D eigenvalue weighted by Crippen LogP contribution is 2.36. The number of phenolic OH excluding ortho intramolecular Hbond substituents is 1. The molecular formula is C17H24N2O2. The predicted octanol–water partition coefficient (Wildman–Crippen LogP) is 4.38. The van der Waals surface area contributed by atoms with Crippen LogP contribution in [0.4, 0.5) is 0 Å². The molecule has 114 valence electrons. The van der Waals surface area contributed by atoms with Gasteiger partial charge in [-0.05, 0) is 24.5 Å². The summed E-state index contributed by atoms with van der Waals surface area (Å²) in [7, 11) is 0.